The fraction of sp³-hybridized carbons (Fsp3) is 0.111. The predicted octanol–water partition coefficient (Wildman–Crippen LogP) is 3.48. The summed E-state index contributed by atoms with van der Waals surface area (Å²) in [5, 5.41) is 0. The Hall–Kier alpha value is -0.560. The minimum absolute atomic E-state index is 1.13. The van der Waals surface area contributed by atoms with Crippen LogP contribution in [0.3, 0.4) is 0 Å². The van der Waals surface area contributed by atoms with Gasteiger partial charge in [-0.05, 0) is 24.6 Å². The quantitative estimate of drug-likeness (QED) is 0.646. The molecule has 0 unspecified atom stereocenters. The summed E-state index contributed by atoms with van der Waals surface area (Å²) in [6.07, 6.45) is 4.11. The van der Waals surface area contributed by atoms with Gasteiger partial charge in [-0.15, -0.1) is 0 Å². The van der Waals surface area contributed by atoms with Crippen molar-refractivity contribution in [1.82, 2.24) is 0 Å². The zero-order valence-corrected chi connectivity index (χ0v) is 7.43. The van der Waals surface area contributed by atoms with E-state index in [9.17, 15) is 0 Å². The van der Waals surface area contributed by atoms with Gasteiger partial charge >= 0.3 is 0 Å². The third kappa shape index (κ3) is 1.99. The molecule has 0 amide bonds. The van der Waals surface area contributed by atoms with Crippen LogP contribution in [0.25, 0.3) is 6.08 Å². The van der Waals surface area contributed by atoms with E-state index >= 15 is 0 Å². The summed E-state index contributed by atoms with van der Waals surface area (Å²) in [4.78, 5) is 0. The van der Waals surface area contributed by atoms with E-state index in [1.165, 1.54) is 5.56 Å². The molecule has 52 valence electrons. The maximum absolute atomic E-state index is 3.37. The van der Waals surface area contributed by atoms with Crippen LogP contribution in [0.5, 0.6) is 0 Å². The lowest BCUT2D eigenvalue weighted by Gasteiger charge is -1.91. The normalized spacial score (nSPS) is 10.6. The van der Waals surface area contributed by atoms with E-state index in [2.05, 4.69) is 34.1 Å². The number of rotatable bonds is 1. The van der Waals surface area contributed by atoms with Crippen LogP contribution in [0.4, 0.5) is 0 Å². The van der Waals surface area contributed by atoms with Crippen LogP contribution in [-0.2, 0) is 0 Å². The average Bonchev–Trinajstić information content (AvgIpc) is 1.95. The van der Waals surface area contributed by atoms with Gasteiger partial charge in [0, 0.05) is 4.47 Å². The molecule has 0 radical (unpaired) electrons. The minimum Gasteiger partial charge on any atom is -0.0871 e. The molecular weight excluding hydrogens is 188 g/mol. The van der Waals surface area contributed by atoms with E-state index in [0.29, 0.717) is 0 Å². The van der Waals surface area contributed by atoms with Gasteiger partial charge < -0.3 is 0 Å². The van der Waals surface area contributed by atoms with Crippen molar-refractivity contribution in [3.05, 3.63) is 40.4 Å². The van der Waals surface area contributed by atoms with Crippen molar-refractivity contribution in [2.75, 3.05) is 0 Å². The smallest absolute Gasteiger partial charge is 0.0175 e. The molecule has 0 heterocycles. The van der Waals surface area contributed by atoms with Crippen molar-refractivity contribution in [3.8, 4) is 0 Å². The number of allylic oxidation sites excluding steroid dienone is 1. The highest BCUT2D eigenvalue weighted by molar-refractivity contribution is 9.10. The van der Waals surface area contributed by atoms with Gasteiger partial charge in [0.2, 0.25) is 0 Å². The molecule has 1 heteroatoms. The maximum Gasteiger partial charge on any atom is 0.0175 e. The number of hydrogen-bond acceptors (Lipinski definition) is 0. The maximum atomic E-state index is 3.37. The van der Waals surface area contributed by atoms with Gasteiger partial charge in [0.05, 0.1) is 0 Å². The first kappa shape index (κ1) is 7.55. The van der Waals surface area contributed by atoms with Crippen LogP contribution in [0.1, 0.15) is 12.5 Å². The fourth-order valence-corrected chi connectivity index (χ4v) is 1.03. The molecule has 0 aliphatic carbocycles. The third-order valence-electron chi connectivity index (χ3n) is 1.23. The Kier molecular flexibility index (Phi) is 2.69. The Morgan fingerprint density at radius 1 is 1.20 bits per heavy atom. The Morgan fingerprint density at radius 2 is 1.80 bits per heavy atom. The van der Waals surface area contributed by atoms with Crippen molar-refractivity contribution < 1.29 is 0 Å². The number of benzene rings is 1. The molecule has 0 spiro atoms. The molecule has 0 N–H and O–H groups in total. The van der Waals surface area contributed by atoms with E-state index in [-0.39, 0.29) is 0 Å². The first-order valence-electron chi connectivity index (χ1n) is 3.21. The van der Waals surface area contributed by atoms with E-state index in [1.54, 1.807) is 0 Å². The molecule has 10 heavy (non-hydrogen) atoms. The Morgan fingerprint density at radius 3 is 2.30 bits per heavy atom. The lowest BCUT2D eigenvalue weighted by molar-refractivity contribution is 1.60. The second-order valence-corrected chi connectivity index (χ2v) is 2.97. The largest absolute Gasteiger partial charge is 0.0871 e. The highest BCUT2D eigenvalue weighted by Gasteiger charge is 1.84. The molecule has 0 saturated heterocycles. The predicted molar refractivity (Wildman–Crippen MR) is 48.9 cm³/mol. The molecule has 1 aromatic rings. The molecule has 0 aliphatic heterocycles. The van der Waals surface area contributed by atoms with Crippen LogP contribution >= 0.6 is 15.9 Å². The van der Waals surface area contributed by atoms with Crippen LogP contribution in [-0.4, -0.2) is 0 Å². The van der Waals surface area contributed by atoms with Crippen LogP contribution in [0.2, 0.25) is 0 Å². The molecule has 1 aromatic carbocycles. The summed E-state index contributed by atoms with van der Waals surface area (Å²) in [5.41, 5.74) is 1.24. The molecular formula is C9H9Br. The fourth-order valence-electron chi connectivity index (χ4n) is 0.766. The standard InChI is InChI=1S/C9H9Br/c1-2-3-8-4-6-9(10)7-5-8/h2-7H,1H3/b3-2+. The second-order valence-electron chi connectivity index (χ2n) is 2.05. The van der Waals surface area contributed by atoms with Crippen LogP contribution < -0.4 is 0 Å². The molecule has 0 aliphatic rings. The Balaban J connectivity index is 2.89. The summed E-state index contributed by atoms with van der Waals surface area (Å²) in [7, 11) is 0. The van der Waals surface area contributed by atoms with Gasteiger partial charge in [-0.2, -0.15) is 0 Å². The van der Waals surface area contributed by atoms with Gasteiger partial charge in [0.25, 0.3) is 0 Å². The summed E-state index contributed by atoms with van der Waals surface area (Å²) in [6, 6.07) is 8.22. The van der Waals surface area contributed by atoms with Gasteiger partial charge in [-0.25, -0.2) is 0 Å². The van der Waals surface area contributed by atoms with E-state index in [1.807, 2.05) is 25.1 Å². The molecule has 0 saturated carbocycles. The molecule has 0 atom stereocenters. The summed E-state index contributed by atoms with van der Waals surface area (Å²) in [6.45, 7) is 2.02. The Labute approximate surface area is 69.7 Å². The topological polar surface area (TPSA) is 0 Å². The molecule has 0 fully saturated rings. The first-order chi connectivity index (χ1) is 4.83. The highest BCUT2D eigenvalue weighted by Crippen LogP contribution is 2.11. The van der Waals surface area contributed by atoms with E-state index in [0.717, 1.165) is 4.47 Å². The highest BCUT2D eigenvalue weighted by atomic mass is 79.9. The van der Waals surface area contributed by atoms with Crippen molar-refractivity contribution in [2.45, 2.75) is 6.92 Å². The second kappa shape index (κ2) is 3.57. The van der Waals surface area contributed by atoms with E-state index < -0.39 is 0 Å². The van der Waals surface area contributed by atoms with Crippen LogP contribution in [0.15, 0.2) is 34.8 Å². The van der Waals surface area contributed by atoms with Crippen molar-refractivity contribution in [1.29, 1.82) is 0 Å². The van der Waals surface area contributed by atoms with Crippen molar-refractivity contribution in [2.24, 2.45) is 0 Å². The zero-order chi connectivity index (χ0) is 7.40. The SMILES string of the molecule is C/C=C/c1ccc(Br)cc1. The van der Waals surface area contributed by atoms with Crippen LogP contribution in [0, 0.1) is 0 Å². The first-order valence-corrected chi connectivity index (χ1v) is 4.00. The zero-order valence-electron chi connectivity index (χ0n) is 5.84. The molecule has 0 aromatic heterocycles. The van der Waals surface area contributed by atoms with Gasteiger partial charge in [-0.3, -0.25) is 0 Å². The summed E-state index contributed by atoms with van der Waals surface area (Å²) in [5.74, 6) is 0. The van der Waals surface area contributed by atoms with Gasteiger partial charge in [0.15, 0.2) is 0 Å². The van der Waals surface area contributed by atoms with Crippen molar-refractivity contribution in [3.63, 3.8) is 0 Å². The third-order valence-corrected chi connectivity index (χ3v) is 1.76. The lowest BCUT2D eigenvalue weighted by atomic mass is 10.2. The summed E-state index contributed by atoms with van der Waals surface area (Å²) >= 11 is 3.37. The number of halogens is 1. The number of hydrogen-bond donors (Lipinski definition) is 0. The van der Waals surface area contributed by atoms with E-state index in [4.69, 9.17) is 0 Å². The Bertz CT molecular complexity index is 221. The average molecular weight is 197 g/mol. The molecule has 1 rings (SSSR count). The summed E-state index contributed by atoms with van der Waals surface area (Å²) < 4.78 is 1.13. The lowest BCUT2D eigenvalue weighted by Crippen LogP contribution is -1.68. The molecule has 0 bridgehead atoms. The minimum atomic E-state index is 1.13. The van der Waals surface area contributed by atoms with Crippen molar-refractivity contribution >= 4 is 22.0 Å². The van der Waals surface area contributed by atoms with Gasteiger partial charge in [-0.1, -0.05) is 40.2 Å². The van der Waals surface area contributed by atoms with Gasteiger partial charge in [0.1, 0.15) is 0 Å². The molecule has 0 nitrogen and oxygen atoms in total. The monoisotopic (exact) mass is 196 g/mol.